The molecule has 0 amide bonds. The quantitative estimate of drug-likeness (QED) is 0.391. The summed E-state index contributed by atoms with van der Waals surface area (Å²) < 4.78 is 0. The normalized spacial score (nSPS) is 14.1. The van der Waals surface area contributed by atoms with E-state index in [9.17, 15) is 0 Å². The van der Waals surface area contributed by atoms with Crippen LogP contribution in [0.5, 0.6) is 0 Å². The van der Waals surface area contributed by atoms with Gasteiger partial charge >= 0.3 is 0 Å². The topological polar surface area (TPSA) is 28.2 Å². The van der Waals surface area contributed by atoms with Crippen molar-refractivity contribution < 1.29 is 0 Å². The Morgan fingerprint density at radius 1 is 1.00 bits per heavy atom. The standard InChI is InChI=1S/C26H40ClN3/c1-19(2)12-16-30(17-13-20(3)4)15-7-14-28-26-22-8-5-6-9-24(22)29-25-18-21(27)10-11-23(25)26/h10-11,18-20H,5-9,12-17H2,1-4H3,(H,28,29). The predicted molar refractivity (Wildman–Crippen MR) is 132 cm³/mol. The molecule has 0 atom stereocenters. The molecular weight excluding hydrogens is 390 g/mol. The van der Waals surface area contributed by atoms with E-state index in [2.05, 4.69) is 44.0 Å². The first-order chi connectivity index (χ1) is 14.4. The van der Waals surface area contributed by atoms with Crippen LogP contribution >= 0.6 is 11.6 Å². The molecule has 1 N–H and O–H groups in total. The molecule has 0 unspecified atom stereocenters. The van der Waals surface area contributed by atoms with Crippen molar-refractivity contribution in [2.45, 2.75) is 72.6 Å². The zero-order valence-corrected chi connectivity index (χ0v) is 20.2. The Morgan fingerprint density at radius 2 is 1.70 bits per heavy atom. The highest BCUT2D eigenvalue weighted by atomic mass is 35.5. The van der Waals surface area contributed by atoms with Crippen molar-refractivity contribution >= 4 is 28.2 Å². The van der Waals surface area contributed by atoms with Crippen molar-refractivity contribution in [1.82, 2.24) is 9.88 Å². The van der Waals surface area contributed by atoms with Gasteiger partial charge < -0.3 is 10.2 Å². The fraction of sp³-hybridized carbons (Fsp3) is 0.654. The van der Waals surface area contributed by atoms with Crippen LogP contribution in [0.3, 0.4) is 0 Å². The average Bonchev–Trinajstić information content (AvgIpc) is 2.71. The van der Waals surface area contributed by atoms with Crippen LogP contribution in [-0.4, -0.2) is 36.1 Å². The Balaban J connectivity index is 1.65. The minimum Gasteiger partial charge on any atom is -0.384 e. The Labute approximate surface area is 188 Å². The molecule has 0 fully saturated rings. The van der Waals surface area contributed by atoms with Gasteiger partial charge in [-0.25, -0.2) is 0 Å². The lowest BCUT2D eigenvalue weighted by Gasteiger charge is -2.25. The predicted octanol–water partition coefficient (Wildman–Crippen LogP) is 6.96. The van der Waals surface area contributed by atoms with E-state index in [0.29, 0.717) is 0 Å². The second-order valence-electron chi connectivity index (χ2n) is 9.77. The molecule has 166 valence electrons. The van der Waals surface area contributed by atoms with E-state index in [1.807, 2.05) is 12.1 Å². The van der Waals surface area contributed by atoms with E-state index in [1.165, 1.54) is 74.1 Å². The number of halogens is 1. The third-order valence-corrected chi connectivity index (χ3v) is 6.46. The molecule has 0 bridgehead atoms. The fourth-order valence-electron chi connectivity index (χ4n) is 4.33. The highest BCUT2D eigenvalue weighted by Gasteiger charge is 2.18. The molecule has 1 aliphatic rings. The van der Waals surface area contributed by atoms with Crippen molar-refractivity contribution in [2.24, 2.45) is 11.8 Å². The molecule has 1 heterocycles. The number of hydrogen-bond donors (Lipinski definition) is 1. The Hall–Kier alpha value is -1.32. The molecule has 1 aromatic carbocycles. The van der Waals surface area contributed by atoms with Gasteiger partial charge in [-0.2, -0.15) is 0 Å². The molecule has 1 aromatic heterocycles. The summed E-state index contributed by atoms with van der Waals surface area (Å²) in [6.45, 7) is 13.9. The van der Waals surface area contributed by atoms with Gasteiger partial charge in [-0.15, -0.1) is 0 Å². The lowest BCUT2D eigenvalue weighted by atomic mass is 9.92. The van der Waals surface area contributed by atoms with Crippen molar-refractivity contribution in [3.8, 4) is 0 Å². The van der Waals surface area contributed by atoms with Gasteiger partial charge in [0.1, 0.15) is 0 Å². The van der Waals surface area contributed by atoms with E-state index in [4.69, 9.17) is 16.6 Å². The lowest BCUT2D eigenvalue weighted by Crippen LogP contribution is -2.30. The number of pyridine rings is 1. The molecule has 2 aromatic rings. The van der Waals surface area contributed by atoms with Crippen LogP contribution < -0.4 is 5.32 Å². The van der Waals surface area contributed by atoms with Crippen molar-refractivity contribution in [3.63, 3.8) is 0 Å². The fourth-order valence-corrected chi connectivity index (χ4v) is 4.50. The molecule has 0 saturated carbocycles. The second-order valence-corrected chi connectivity index (χ2v) is 10.2. The van der Waals surface area contributed by atoms with E-state index < -0.39 is 0 Å². The van der Waals surface area contributed by atoms with Gasteiger partial charge in [0.25, 0.3) is 0 Å². The summed E-state index contributed by atoms with van der Waals surface area (Å²) >= 11 is 6.25. The molecule has 4 heteroatoms. The van der Waals surface area contributed by atoms with Gasteiger partial charge in [-0.1, -0.05) is 39.3 Å². The van der Waals surface area contributed by atoms with Gasteiger partial charge in [0.15, 0.2) is 0 Å². The smallest absolute Gasteiger partial charge is 0.0741 e. The van der Waals surface area contributed by atoms with Crippen LogP contribution in [0.2, 0.25) is 5.02 Å². The maximum absolute atomic E-state index is 6.25. The number of rotatable bonds is 11. The first-order valence-corrected chi connectivity index (χ1v) is 12.4. The number of aryl methyl sites for hydroxylation is 1. The zero-order valence-electron chi connectivity index (χ0n) is 19.4. The number of nitrogens with zero attached hydrogens (tertiary/aromatic N) is 2. The molecule has 0 radical (unpaired) electrons. The first-order valence-electron chi connectivity index (χ1n) is 12.0. The molecule has 0 spiro atoms. The number of aromatic nitrogens is 1. The summed E-state index contributed by atoms with van der Waals surface area (Å²) in [6, 6.07) is 6.14. The van der Waals surface area contributed by atoms with Crippen LogP contribution in [-0.2, 0) is 12.8 Å². The van der Waals surface area contributed by atoms with Crippen LogP contribution in [0.1, 0.15) is 71.1 Å². The summed E-state index contributed by atoms with van der Waals surface area (Å²) in [4.78, 5) is 7.61. The molecule has 0 saturated heterocycles. The Morgan fingerprint density at radius 3 is 2.40 bits per heavy atom. The largest absolute Gasteiger partial charge is 0.384 e. The Kier molecular flexibility index (Phi) is 8.83. The van der Waals surface area contributed by atoms with Crippen LogP contribution in [0, 0.1) is 11.8 Å². The number of hydrogen-bond acceptors (Lipinski definition) is 3. The molecule has 0 aliphatic heterocycles. The average molecular weight is 430 g/mol. The van der Waals surface area contributed by atoms with Gasteiger partial charge in [-0.3, -0.25) is 4.98 Å². The third kappa shape index (κ3) is 6.59. The highest BCUT2D eigenvalue weighted by molar-refractivity contribution is 6.31. The summed E-state index contributed by atoms with van der Waals surface area (Å²) in [5.74, 6) is 1.54. The van der Waals surface area contributed by atoms with Crippen molar-refractivity contribution in [2.75, 3.05) is 31.5 Å². The molecule has 1 aliphatic carbocycles. The van der Waals surface area contributed by atoms with E-state index in [-0.39, 0.29) is 0 Å². The van der Waals surface area contributed by atoms with Crippen LogP contribution in [0.4, 0.5) is 5.69 Å². The monoisotopic (exact) mass is 429 g/mol. The van der Waals surface area contributed by atoms with Gasteiger partial charge in [0.05, 0.1) is 5.52 Å². The lowest BCUT2D eigenvalue weighted by molar-refractivity contribution is 0.243. The minimum absolute atomic E-state index is 0.766. The minimum atomic E-state index is 0.766. The van der Waals surface area contributed by atoms with Crippen molar-refractivity contribution in [3.05, 3.63) is 34.5 Å². The highest BCUT2D eigenvalue weighted by Crippen LogP contribution is 2.34. The number of benzene rings is 1. The van der Waals surface area contributed by atoms with E-state index in [1.54, 1.807) is 0 Å². The van der Waals surface area contributed by atoms with Gasteiger partial charge in [-0.05, 0) is 100 Å². The Bertz CT molecular complexity index is 804. The summed E-state index contributed by atoms with van der Waals surface area (Å²) in [7, 11) is 0. The van der Waals surface area contributed by atoms with Crippen LogP contribution in [0.15, 0.2) is 18.2 Å². The summed E-state index contributed by atoms with van der Waals surface area (Å²) in [5.41, 5.74) is 5.05. The summed E-state index contributed by atoms with van der Waals surface area (Å²) in [5, 5.41) is 5.80. The zero-order chi connectivity index (χ0) is 21.5. The molecule has 3 rings (SSSR count). The third-order valence-electron chi connectivity index (χ3n) is 6.22. The molecular formula is C26H40ClN3. The molecule has 3 nitrogen and oxygen atoms in total. The molecule has 30 heavy (non-hydrogen) atoms. The maximum Gasteiger partial charge on any atom is 0.0741 e. The number of anilines is 1. The van der Waals surface area contributed by atoms with Crippen LogP contribution in [0.25, 0.3) is 10.9 Å². The first kappa shape index (κ1) is 23.3. The second kappa shape index (κ2) is 11.3. The number of nitrogens with one attached hydrogen (secondary N) is 1. The summed E-state index contributed by atoms with van der Waals surface area (Å²) in [6.07, 6.45) is 8.47. The van der Waals surface area contributed by atoms with Gasteiger partial charge in [0, 0.05) is 28.3 Å². The maximum atomic E-state index is 6.25. The van der Waals surface area contributed by atoms with Crippen molar-refractivity contribution in [1.29, 1.82) is 0 Å². The van der Waals surface area contributed by atoms with E-state index >= 15 is 0 Å². The SMILES string of the molecule is CC(C)CCN(CCCNc1c2c(nc3cc(Cl)ccc13)CCCC2)CCC(C)C. The number of fused-ring (bicyclic) bond motifs is 2. The van der Waals surface area contributed by atoms with E-state index in [0.717, 1.165) is 41.8 Å². The van der Waals surface area contributed by atoms with Gasteiger partial charge in [0.2, 0.25) is 0 Å².